The number of sulfone groups is 1. The van der Waals surface area contributed by atoms with Crippen molar-refractivity contribution in [3.05, 3.63) is 67.4 Å². The van der Waals surface area contributed by atoms with E-state index >= 15 is 0 Å². The molecule has 1 aromatic carbocycles. The molecule has 1 heterocycles. The van der Waals surface area contributed by atoms with Gasteiger partial charge in [-0.25, -0.2) is 8.42 Å². The lowest BCUT2D eigenvalue weighted by Crippen LogP contribution is -2.07. The molecule has 0 unspecified atom stereocenters. The van der Waals surface area contributed by atoms with Gasteiger partial charge in [-0.2, -0.15) is 0 Å². The molecule has 21 heavy (non-hydrogen) atoms. The second kappa shape index (κ2) is 5.74. The lowest BCUT2D eigenvalue weighted by molar-refractivity contribution is 0.598. The lowest BCUT2D eigenvalue weighted by Gasteiger charge is -2.04. The zero-order chi connectivity index (χ0) is 15.6. The minimum Gasteiger partial charge on any atom is -0.342 e. The van der Waals surface area contributed by atoms with Crippen molar-refractivity contribution in [2.45, 2.75) is 18.4 Å². The summed E-state index contributed by atoms with van der Waals surface area (Å²) >= 11 is 0. The van der Waals surface area contributed by atoms with Gasteiger partial charge >= 0.3 is 0 Å². The molecule has 0 aliphatic rings. The quantitative estimate of drug-likeness (QED) is 0.602. The fourth-order valence-electron chi connectivity index (χ4n) is 2.28. The largest absolute Gasteiger partial charge is 0.342 e. The Morgan fingerprint density at radius 2 is 1.95 bits per heavy atom. The first-order chi connectivity index (χ1) is 9.85. The van der Waals surface area contributed by atoms with Crippen LogP contribution in [0, 0.1) is 0 Å². The van der Waals surface area contributed by atoms with Crippen LogP contribution in [0.1, 0.15) is 6.92 Å². The van der Waals surface area contributed by atoms with E-state index in [9.17, 15) is 8.42 Å². The molecular weight excluding hydrogens is 282 g/mol. The van der Waals surface area contributed by atoms with E-state index in [4.69, 9.17) is 0 Å². The molecule has 0 atom stereocenters. The van der Waals surface area contributed by atoms with E-state index in [2.05, 4.69) is 19.7 Å². The normalized spacial score (nSPS) is 11.5. The van der Waals surface area contributed by atoms with Gasteiger partial charge in [-0.3, -0.25) is 0 Å². The number of hydrogen-bond acceptors (Lipinski definition) is 2. The fourth-order valence-corrected chi connectivity index (χ4v) is 3.88. The van der Waals surface area contributed by atoms with E-state index < -0.39 is 9.84 Å². The Kier molecular flexibility index (Phi) is 4.19. The average molecular weight is 301 g/mol. The molecule has 0 amide bonds. The molecule has 0 bridgehead atoms. The Morgan fingerprint density at radius 3 is 2.57 bits per heavy atom. The number of allylic oxidation sites excluding steroid dienone is 2. The number of hydrogen-bond donors (Lipinski definition) is 0. The lowest BCUT2D eigenvalue weighted by atomic mass is 10.2. The van der Waals surface area contributed by atoms with Gasteiger partial charge in [0.2, 0.25) is 0 Å². The molecule has 0 fully saturated rings. The number of aromatic nitrogens is 1. The predicted molar refractivity (Wildman–Crippen MR) is 88.1 cm³/mol. The Balaban J connectivity index is 2.63. The summed E-state index contributed by atoms with van der Waals surface area (Å²) in [5, 5.41) is 0.732. The highest BCUT2D eigenvalue weighted by atomic mass is 32.2. The number of nitrogens with zero attached hydrogens (tertiary/aromatic N) is 1. The topological polar surface area (TPSA) is 39.1 Å². The summed E-state index contributed by atoms with van der Waals surface area (Å²) in [5.74, 6) is -0.0383. The van der Waals surface area contributed by atoms with E-state index in [1.165, 1.54) is 0 Å². The molecule has 0 saturated carbocycles. The summed E-state index contributed by atoms with van der Waals surface area (Å²) in [6.45, 7) is 13.5. The van der Waals surface area contributed by atoms with Crippen LogP contribution in [0.15, 0.2) is 72.3 Å². The molecule has 0 saturated heterocycles. The number of benzene rings is 1. The van der Waals surface area contributed by atoms with Crippen LogP contribution in [-0.2, 0) is 16.4 Å². The SMILES string of the molecule is C=CC(=C)Cn1cc(S(=O)(=O)CC(=C)C)c2ccccc21. The van der Waals surface area contributed by atoms with Crippen LogP contribution in [0.3, 0.4) is 0 Å². The van der Waals surface area contributed by atoms with Gasteiger partial charge in [0.15, 0.2) is 9.84 Å². The summed E-state index contributed by atoms with van der Waals surface area (Å²) in [5.41, 5.74) is 2.34. The van der Waals surface area contributed by atoms with Gasteiger partial charge in [0.1, 0.15) is 0 Å². The molecule has 0 spiro atoms. The third kappa shape index (κ3) is 3.16. The highest BCUT2D eigenvalue weighted by molar-refractivity contribution is 7.91. The van der Waals surface area contributed by atoms with Crippen LogP contribution in [0.2, 0.25) is 0 Å². The van der Waals surface area contributed by atoms with E-state index in [1.54, 1.807) is 19.2 Å². The van der Waals surface area contributed by atoms with Crippen molar-refractivity contribution in [1.29, 1.82) is 0 Å². The summed E-state index contributed by atoms with van der Waals surface area (Å²) in [7, 11) is -3.38. The van der Waals surface area contributed by atoms with Crippen molar-refractivity contribution < 1.29 is 8.42 Å². The minimum absolute atomic E-state index is 0.0383. The smallest absolute Gasteiger partial charge is 0.184 e. The maximum absolute atomic E-state index is 12.5. The molecule has 110 valence electrons. The number of fused-ring (bicyclic) bond motifs is 1. The summed E-state index contributed by atoms with van der Waals surface area (Å²) in [6, 6.07) is 7.47. The zero-order valence-electron chi connectivity index (χ0n) is 12.2. The van der Waals surface area contributed by atoms with Gasteiger partial charge in [0.05, 0.1) is 10.6 Å². The van der Waals surface area contributed by atoms with Crippen LogP contribution in [0.5, 0.6) is 0 Å². The maximum atomic E-state index is 12.5. The molecule has 0 aliphatic heterocycles. The first kappa shape index (κ1) is 15.3. The van der Waals surface area contributed by atoms with E-state index in [-0.39, 0.29) is 5.75 Å². The van der Waals surface area contributed by atoms with Crippen LogP contribution in [-0.4, -0.2) is 18.7 Å². The molecule has 0 aliphatic carbocycles. The van der Waals surface area contributed by atoms with Crippen LogP contribution >= 0.6 is 0 Å². The molecule has 0 N–H and O–H groups in total. The summed E-state index contributed by atoms with van der Waals surface area (Å²) in [6.07, 6.45) is 3.36. The van der Waals surface area contributed by atoms with Crippen LogP contribution < -0.4 is 0 Å². The Labute approximate surface area is 125 Å². The standard InChI is InChI=1S/C17H19NO2S/c1-5-14(4)10-18-11-17(21(19,20)12-13(2)3)15-8-6-7-9-16(15)18/h5-9,11H,1-2,4,10,12H2,3H3. The van der Waals surface area contributed by atoms with Gasteiger partial charge in [0, 0.05) is 23.6 Å². The van der Waals surface area contributed by atoms with Crippen molar-refractivity contribution in [2.75, 3.05) is 5.75 Å². The molecule has 3 nitrogen and oxygen atoms in total. The third-order valence-corrected chi connectivity index (χ3v) is 5.05. The van der Waals surface area contributed by atoms with Crippen molar-refractivity contribution in [2.24, 2.45) is 0 Å². The van der Waals surface area contributed by atoms with Crippen molar-refractivity contribution in [1.82, 2.24) is 4.57 Å². The molecule has 1 aromatic heterocycles. The van der Waals surface area contributed by atoms with E-state index in [0.717, 1.165) is 16.5 Å². The number of rotatable bonds is 6. The Bertz CT molecular complexity index is 826. The summed E-state index contributed by atoms with van der Waals surface area (Å²) in [4.78, 5) is 0.345. The van der Waals surface area contributed by atoms with Crippen molar-refractivity contribution >= 4 is 20.7 Å². The molecule has 2 aromatic rings. The van der Waals surface area contributed by atoms with Gasteiger partial charge in [-0.05, 0) is 18.6 Å². The third-order valence-electron chi connectivity index (χ3n) is 3.19. The maximum Gasteiger partial charge on any atom is 0.184 e. The van der Waals surface area contributed by atoms with Crippen molar-refractivity contribution in [3.63, 3.8) is 0 Å². The van der Waals surface area contributed by atoms with E-state index in [1.807, 2.05) is 28.8 Å². The second-order valence-corrected chi connectivity index (χ2v) is 7.17. The minimum atomic E-state index is -3.38. The zero-order valence-corrected chi connectivity index (χ0v) is 13.0. The van der Waals surface area contributed by atoms with Gasteiger partial charge in [-0.15, -0.1) is 0 Å². The second-order valence-electron chi connectivity index (χ2n) is 5.22. The first-order valence-corrected chi connectivity index (χ1v) is 8.25. The van der Waals surface area contributed by atoms with Crippen LogP contribution in [0.25, 0.3) is 10.9 Å². The Hall–Kier alpha value is -2.07. The molecular formula is C17H19NO2S. The van der Waals surface area contributed by atoms with E-state index in [0.29, 0.717) is 17.0 Å². The molecule has 2 rings (SSSR count). The van der Waals surface area contributed by atoms with Gasteiger partial charge < -0.3 is 4.57 Å². The molecule has 4 heteroatoms. The average Bonchev–Trinajstić information content (AvgIpc) is 2.77. The highest BCUT2D eigenvalue weighted by Crippen LogP contribution is 2.27. The van der Waals surface area contributed by atoms with Crippen LogP contribution in [0.4, 0.5) is 0 Å². The number of para-hydroxylation sites is 1. The fraction of sp³-hybridized carbons (Fsp3) is 0.176. The first-order valence-electron chi connectivity index (χ1n) is 6.60. The monoisotopic (exact) mass is 301 g/mol. The Morgan fingerprint density at radius 1 is 1.29 bits per heavy atom. The van der Waals surface area contributed by atoms with Crippen molar-refractivity contribution in [3.8, 4) is 0 Å². The van der Waals surface area contributed by atoms with Gasteiger partial charge in [0.25, 0.3) is 0 Å². The predicted octanol–water partition coefficient (Wildman–Crippen LogP) is 3.73. The summed E-state index contributed by atoms with van der Waals surface area (Å²) < 4.78 is 26.9. The molecule has 0 radical (unpaired) electrons. The highest BCUT2D eigenvalue weighted by Gasteiger charge is 2.21. The van der Waals surface area contributed by atoms with Gasteiger partial charge in [-0.1, -0.05) is 49.6 Å².